The van der Waals surface area contributed by atoms with Gasteiger partial charge in [-0.2, -0.15) is 0 Å². The number of carbonyl (C=O) groups excluding carboxylic acids is 1. The lowest BCUT2D eigenvalue weighted by Gasteiger charge is -2.09. The molecule has 0 aliphatic carbocycles. The van der Waals surface area contributed by atoms with E-state index in [9.17, 15) is 14.9 Å². The molecule has 0 aromatic heterocycles. The number of non-ortho nitro benzene ring substituents is 1. The van der Waals surface area contributed by atoms with Crippen LogP contribution >= 0.6 is 0 Å². The van der Waals surface area contributed by atoms with Crippen LogP contribution < -0.4 is 10.2 Å². The van der Waals surface area contributed by atoms with Crippen LogP contribution in [0.4, 0.5) is 5.69 Å². The normalized spacial score (nSPS) is 10.2. The minimum atomic E-state index is -0.525. The van der Waals surface area contributed by atoms with E-state index in [1.165, 1.54) is 24.3 Å². The molecule has 0 unspecified atom stereocenters. The Morgan fingerprint density at radius 1 is 0.926 bits per heavy atom. The Labute approximate surface area is 155 Å². The van der Waals surface area contributed by atoms with Gasteiger partial charge in [0.2, 0.25) is 0 Å². The van der Waals surface area contributed by atoms with Gasteiger partial charge < -0.3 is 4.74 Å². The molecule has 3 aromatic rings. The van der Waals surface area contributed by atoms with Gasteiger partial charge in [-0.25, -0.2) is 5.48 Å². The Bertz CT molecular complexity index is 927. The minimum absolute atomic E-state index is 0.0808. The number of benzene rings is 3. The van der Waals surface area contributed by atoms with Crippen molar-refractivity contribution < 1.29 is 19.3 Å². The fraction of sp³-hybridized carbons (Fsp3) is 0.0500. The first-order valence-corrected chi connectivity index (χ1v) is 8.10. The molecule has 3 rings (SSSR count). The highest BCUT2D eigenvalue weighted by Gasteiger charge is 2.09. The first kappa shape index (κ1) is 18.1. The Morgan fingerprint density at radius 2 is 1.63 bits per heavy atom. The fourth-order valence-corrected chi connectivity index (χ4v) is 2.30. The van der Waals surface area contributed by atoms with Crippen molar-refractivity contribution in [3.8, 4) is 11.5 Å². The van der Waals surface area contributed by atoms with E-state index in [0.717, 1.165) is 11.3 Å². The third kappa shape index (κ3) is 5.13. The van der Waals surface area contributed by atoms with Gasteiger partial charge in [-0.3, -0.25) is 19.7 Å². The zero-order chi connectivity index (χ0) is 19.1. The van der Waals surface area contributed by atoms with Crippen molar-refractivity contribution in [1.29, 1.82) is 0 Å². The number of nitrogens with one attached hydrogen (secondary N) is 1. The summed E-state index contributed by atoms with van der Waals surface area (Å²) in [6.45, 7) is 0.144. The van der Waals surface area contributed by atoms with Gasteiger partial charge in [0.25, 0.3) is 11.6 Å². The van der Waals surface area contributed by atoms with Crippen molar-refractivity contribution in [2.24, 2.45) is 0 Å². The largest absolute Gasteiger partial charge is 0.457 e. The van der Waals surface area contributed by atoms with E-state index in [2.05, 4.69) is 5.48 Å². The van der Waals surface area contributed by atoms with Gasteiger partial charge in [0.15, 0.2) is 0 Å². The van der Waals surface area contributed by atoms with Crippen LogP contribution in [0.15, 0.2) is 78.9 Å². The fourth-order valence-electron chi connectivity index (χ4n) is 2.30. The Hall–Kier alpha value is -3.71. The second-order valence-electron chi connectivity index (χ2n) is 5.59. The molecule has 0 aliphatic heterocycles. The van der Waals surface area contributed by atoms with Crippen LogP contribution in [0.2, 0.25) is 0 Å². The number of amides is 1. The first-order valence-electron chi connectivity index (χ1n) is 8.10. The third-order valence-corrected chi connectivity index (χ3v) is 3.62. The lowest BCUT2D eigenvalue weighted by atomic mass is 10.2. The SMILES string of the molecule is O=C(NOCc1cccc(Oc2ccccc2)c1)c1ccc([N+](=O)[O-])cc1. The quantitative estimate of drug-likeness (QED) is 0.500. The maximum Gasteiger partial charge on any atom is 0.274 e. The van der Waals surface area contributed by atoms with E-state index in [4.69, 9.17) is 9.57 Å². The first-order chi connectivity index (χ1) is 13.1. The number of para-hydroxylation sites is 1. The summed E-state index contributed by atoms with van der Waals surface area (Å²) in [5.74, 6) is 0.896. The van der Waals surface area contributed by atoms with Gasteiger partial charge in [-0.15, -0.1) is 0 Å². The number of rotatable bonds is 7. The molecule has 0 saturated heterocycles. The number of ether oxygens (including phenoxy) is 1. The van der Waals surface area contributed by atoms with E-state index >= 15 is 0 Å². The predicted octanol–water partition coefficient (Wildman–Crippen LogP) is 4.25. The number of nitro benzene ring substituents is 1. The summed E-state index contributed by atoms with van der Waals surface area (Å²) in [4.78, 5) is 27.3. The van der Waals surface area contributed by atoms with Gasteiger partial charge in [-0.05, 0) is 42.0 Å². The molecule has 0 saturated carbocycles. The highest BCUT2D eigenvalue weighted by Crippen LogP contribution is 2.22. The molecule has 0 fully saturated rings. The molecular formula is C20H16N2O5. The maximum atomic E-state index is 12.0. The van der Waals surface area contributed by atoms with Gasteiger partial charge in [0.1, 0.15) is 11.5 Å². The van der Waals surface area contributed by atoms with Crippen LogP contribution in [0.1, 0.15) is 15.9 Å². The van der Waals surface area contributed by atoms with Gasteiger partial charge in [0.05, 0.1) is 11.5 Å². The summed E-state index contributed by atoms with van der Waals surface area (Å²) in [6, 6.07) is 22.0. The molecular weight excluding hydrogens is 348 g/mol. The van der Waals surface area contributed by atoms with Crippen LogP contribution in [0.5, 0.6) is 11.5 Å². The summed E-state index contributed by atoms with van der Waals surface area (Å²) in [5.41, 5.74) is 3.31. The van der Waals surface area contributed by atoms with Gasteiger partial charge in [-0.1, -0.05) is 30.3 Å². The molecule has 3 aromatic carbocycles. The van der Waals surface area contributed by atoms with E-state index in [0.29, 0.717) is 5.75 Å². The maximum absolute atomic E-state index is 12.0. The van der Waals surface area contributed by atoms with Crippen LogP contribution in [-0.4, -0.2) is 10.8 Å². The van der Waals surface area contributed by atoms with Crippen LogP contribution in [-0.2, 0) is 11.4 Å². The Balaban J connectivity index is 1.53. The third-order valence-electron chi connectivity index (χ3n) is 3.62. The van der Waals surface area contributed by atoms with E-state index in [1.807, 2.05) is 54.6 Å². The van der Waals surface area contributed by atoms with Crippen molar-refractivity contribution >= 4 is 11.6 Å². The molecule has 1 N–H and O–H groups in total. The number of hydrogen-bond donors (Lipinski definition) is 1. The molecule has 1 amide bonds. The molecule has 0 heterocycles. The number of hydrogen-bond acceptors (Lipinski definition) is 5. The lowest BCUT2D eigenvalue weighted by Crippen LogP contribution is -2.23. The van der Waals surface area contributed by atoms with Crippen molar-refractivity contribution in [2.75, 3.05) is 0 Å². The number of nitrogens with zero attached hydrogens (tertiary/aromatic N) is 1. The second-order valence-corrected chi connectivity index (χ2v) is 5.59. The highest BCUT2D eigenvalue weighted by molar-refractivity contribution is 5.93. The van der Waals surface area contributed by atoms with E-state index < -0.39 is 10.8 Å². The summed E-state index contributed by atoms with van der Waals surface area (Å²) in [6.07, 6.45) is 0. The zero-order valence-electron chi connectivity index (χ0n) is 14.2. The van der Waals surface area contributed by atoms with Crippen LogP contribution in [0.3, 0.4) is 0 Å². The smallest absolute Gasteiger partial charge is 0.274 e. The second kappa shape index (κ2) is 8.59. The van der Waals surface area contributed by atoms with Crippen molar-refractivity contribution in [3.63, 3.8) is 0 Å². The van der Waals surface area contributed by atoms with E-state index in [1.54, 1.807) is 0 Å². The van der Waals surface area contributed by atoms with Crippen LogP contribution in [0, 0.1) is 10.1 Å². The molecule has 0 radical (unpaired) electrons. The standard InChI is InChI=1S/C20H16N2O5/c23-20(16-9-11-17(12-10-16)22(24)25)21-26-14-15-5-4-8-19(13-15)27-18-6-2-1-3-7-18/h1-13H,14H2,(H,21,23). The molecule has 0 aliphatic rings. The Morgan fingerprint density at radius 3 is 2.33 bits per heavy atom. The van der Waals surface area contributed by atoms with Crippen LogP contribution in [0.25, 0.3) is 0 Å². The molecule has 7 heteroatoms. The summed E-state index contributed by atoms with van der Waals surface area (Å²) in [7, 11) is 0. The van der Waals surface area contributed by atoms with Crippen molar-refractivity contribution in [1.82, 2.24) is 5.48 Å². The Kier molecular flexibility index (Phi) is 5.76. The molecule has 27 heavy (non-hydrogen) atoms. The summed E-state index contributed by atoms with van der Waals surface area (Å²) in [5, 5.41) is 10.6. The number of hydroxylamine groups is 1. The molecule has 7 nitrogen and oxygen atoms in total. The summed E-state index contributed by atoms with van der Waals surface area (Å²) < 4.78 is 5.75. The van der Waals surface area contributed by atoms with Gasteiger partial charge in [0, 0.05) is 17.7 Å². The van der Waals surface area contributed by atoms with E-state index in [-0.39, 0.29) is 17.9 Å². The van der Waals surface area contributed by atoms with Crippen molar-refractivity contribution in [2.45, 2.75) is 6.61 Å². The predicted molar refractivity (Wildman–Crippen MR) is 98.3 cm³/mol. The molecule has 0 bridgehead atoms. The number of carbonyl (C=O) groups is 1. The molecule has 0 atom stereocenters. The molecule has 0 spiro atoms. The topological polar surface area (TPSA) is 90.7 Å². The van der Waals surface area contributed by atoms with Crippen molar-refractivity contribution in [3.05, 3.63) is 100 Å². The monoisotopic (exact) mass is 364 g/mol. The number of nitro groups is 1. The highest BCUT2D eigenvalue weighted by atomic mass is 16.7. The lowest BCUT2D eigenvalue weighted by molar-refractivity contribution is -0.384. The summed E-state index contributed by atoms with van der Waals surface area (Å²) >= 11 is 0. The molecule has 136 valence electrons. The average Bonchev–Trinajstić information content (AvgIpc) is 2.69. The van der Waals surface area contributed by atoms with Gasteiger partial charge >= 0.3 is 0 Å². The average molecular weight is 364 g/mol. The zero-order valence-corrected chi connectivity index (χ0v) is 14.2. The minimum Gasteiger partial charge on any atom is -0.457 e.